The van der Waals surface area contributed by atoms with E-state index in [2.05, 4.69) is 0 Å². The zero-order valence-electron chi connectivity index (χ0n) is 19.4. The Hall–Kier alpha value is -3.05. The summed E-state index contributed by atoms with van der Waals surface area (Å²) >= 11 is 0. The highest BCUT2D eigenvalue weighted by Crippen LogP contribution is 2.44. The summed E-state index contributed by atoms with van der Waals surface area (Å²) in [5.74, 6) is -3.52. The van der Waals surface area contributed by atoms with Crippen molar-refractivity contribution in [3.05, 3.63) is 39.7 Å². The van der Waals surface area contributed by atoms with Gasteiger partial charge in [0, 0.05) is 44.4 Å². The monoisotopic (exact) mass is 491 g/mol. The van der Waals surface area contributed by atoms with E-state index in [0.29, 0.717) is 13.2 Å². The molecule has 5 rings (SSSR count). The Bertz CT molecular complexity index is 1260. The first kappa shape index (κ1) is 23.7. The molecular weight excluding hydrogens is 464 g/mol. The first-order chi connectivity index (χ1) is 16.8. The average Bonchev–Trinajstić information content (AvgIpc) is 3.50. The number of nitrogens with two attached hydrogens (primary N) is 1. The van der Waals surface area contributed by atoms with Gasteiger partial charge in [-0.1, -0.05) is 0 Å². The second-order valence-electron chi connectivity index (χ2n) is 9.29. The summed E-state index contributed by atoms with van der Waals surface area (Å²) in [7, 11) is 0. The number of anilines is 1. The molecule has 188 valence electrons. The summed E-state index contributed by atoms with van der Waals surface area (Å²) in [6.45, 7) is 2.49. The molecule has 1 saturated carbocycles. The van der Waals surface area contributed by atoms with Crippen molar-refractivity contribution in [1.29, 1.82) is 0 Å². The molecule has 1 aromatic heterocycles. The number of aromatic nitrogens is 1. The van der Waals surface area contributed by atoms with E-state index in [1.165, 1.54) is 10.8 Å². The average molecular weight is 491 g/mol. The molecule has 0 radical (unpaired) electrons. The molecule has 2 aromatic rings. The van der Waals surface area contributed by atoms with Gasteiger partial charge in [-0.25, -0.2) is 18.4 Å². The van der Waals surface area contributed by atoms with Gasteiger partial charge in [-0.2, -0.15) is 0 Å². The molecule has 3 aliphatic rings. The number of benzene rings is 1. The predicted octanol–water partition coefficient (Wildman–Crippen LogP) is 1.89. The maximum atomic E-state index is 16.0. The first-order valence-corrected chi connectivity index (χ1v) is 11.8. The Morgan fingerprint density at radius 1 is 1.26 bits per heavy atom. The number of nitrogens with zero attached hydrogens (tertiary/aromatic N) is 2. The highest BCUT2D eigenvalue weighted by atomic mass is 19.1. The minimum absolute atomic E-state index is 0.0594. The number of carbonyl (C=O) groups excluding carboxylic acids is 2. The summed E-state index contributed by atoms with van der Waals surface area (Å²) in [4.78, 5) is 38.8. The fourth-order valence-electron chi connectivity index (χ4n) is 5.24. The van der Waals surface area contributed by atoms with Crippen LogP contribution in [0.25, 0.3) is 10.9 Å². The van der Waals surface area contributed by atoms with Crippen molar-refractivity contribution in [2.45, 2.75) is 37.8 Å². The van der Waals surface area contributed by atoms with Gasteiger partial charge in [-0.05, 0) is 32.3 Å². The minimum Gasteiger partial charge on any atom is -0.463 e. The molecule has 2 unspecified atom stereocenters. The van der Waals surface area contributed by atoms with Gasteiger partial charge >= 0.3 is 11.9 Å². The standard InChI is InChI=1S/C24H27F2N3O6/c1-2-33-18(30)10-34-23(32)16-9-29(14-3-4-14)20-15(22(16)31)7-17(25)21(19(20)26)28-8-13-5-6-35-24(13,11-27)12-28/h7,9,13-14H,2-6,8,10-12,27H2,1H3. The third-order valence-electron chi connectivity index (χ3n) is 7.13. The summed E-state index contributed by atoms with van der Waals surface area (Å²) in [5, 5.41) is -0.259. The lowest BCUT2D eigenvalue weighted by Crippen LogP contribution is -2.44. The van der Waals surface area contributed by atoms with Crippen LogP contribution in [0.15, 0.2) is 17.1 Å². The summed E-state index contributed by atoms with van der Waals surface area (Å²) < 4.78 is 48.4. The topological polar surface area (TPSA) is 113 Å². The molecule has 11 heteroatoms. The van der Waals surface area contributed by atoms with Crippen LogP contribution in [0.5, 0.6) is 0 Å². The molecule has 0 amide bonds. The highest BCUT2D eigenvalue weighted by molar-refractivity contribution is 5.95. The van der Waals surface area contributed by atoms with E-state index in [4.69, 9.17) is 19.9 Å². The van der Waals surface area contributed by atoms with Crippen molar-refractivity contribution < 1.29 is 32.6 Å². The van der Waals surface area contributed by atoms with Crippen LogP contribution in [-0.4, -0.2) is 61.6 Å². The fraction of sp³-hybridized carbons (Fsp3) is 0.542. The molecule has 9 nitrogen and oxygen atoms in total. The molecule has 2 aliphatic heterocycles. The second-order valence-corrected chi connectivity index (χ2v) is 9.29. The molecule has 2 saturated heterocycles. The number of fused-ring (bicyclic) bond motifs is 2. The lowest BCUT2D eigenvalue weighted by molar-refractivity contribution is -0.146. The number of ether oxygens (including phenoxy) is 3. The number of pyridine rings is 1. The van der Waals surface area contributed by atoms with Crippen LogP contribution in [-0.2, 0) is 19.0 Å². The van der Waals surface area contributed by atoms with E-state index in [0.717, 1.165) is 25.3 Å². The van der Waals surface area contributed by atoms with Crippen LogP contribution in [0.2, 0.25) is 0 Å². The van der Waals surface area contributed by atoms with Gasteiger partial charge in [-0.15, -0.1) is 0 Å². The van der Waals surface area contributed by atoms with Crippen LogP contribution in [0.3, 0.4) is 0 Å². The molecule has 3 heterocycles. The van der Waals surface area contributed by atoms with Crippen molar-refractivity contribution >= 4 is 28.5 Å². The Labute approximate surface area is 199 Å². The number of rotatable bonds is 7. The Morgan fingerprint density at radius 2 is 2.03 bits per heavy atom. The number of hydrogen-bond acceptors (Lipinski definition) is 8. The molecule has 3 fully saturated rings. The van der Waals surface area contributed by atoms with E-state index in [1.807, 2.05) is 0 Å². The van der Waals surface area contributed by atoms with E-state index in [-0.39, 0.29) is 48.2 Å². The van der Waals surface area contributed by atoms with Crippen molar-refractivity contribution in [3.63, 3.8) is 0 Å². The summed E-state index contributed by atoms with van der Waals surface area (Å²) in [6.07, 6.45) is 3.44. The van der Waals surface area contributed by atoms with Gasteiger partial charge in [0.05, 0.1) is 17.5 Å². The van der Waals surface area contributed by atoms with Crippen molar-refractivity contribution in [3.8, 4) is 0 Å². The molecular formula is C24H27F2N3O6. The lowest BCUT2D eigenvalue weighted by atomic mass is 9.91. The number of carbonyl (C=O) groups is 2. The van der Waals surface area contributed by atoms with Gasteiger partial charge in [0.1, 0.15) is 22.7 Å². The van der Waals surface area contributed by atoms with Crippen LogP contribution in [0.4, 0.5) is 14.5 Å². The Morgan fingerprint density at radius 3 is 2.69 bits per heavy atom. The normalized spacial score (nSPS) is 23.5. The summed E-state index contributed by atoms with van der Waals surface area (Å²) in [6, 6.07) is 0.834. The smallest absolute Gasteiger partial charge is 0.344 e. The predicted molar refractivity (Wildman–Crippen MR) is 121 cm³/mol. The van der Waals surface area contributed by atoms with Crippen molar-refractivity contribution in [1.82, 2.24) is 4.57 Å². The SMILES string of the molecule is CCOC(=O)COC(=O)c1cn(C2CC2)c2c(F)c(N3CC4CCOC4(CN)C3)c(F)cc2c1=O. The van der Waals surface area contributed by atoms with Gasteiger partial charge < -0.3 is 29.4 Å². The van der Waals surface area contributed by atoms with Crippen LogP contribution in [0.1, 0.15) is 42.6 Å². The van der Waals surface area contributed by atoms with Crippen LogP contribution < -0.4 is 16.1 Å². The van der Waals surface area contributed by atoms with Crippen LogP contribution >= 0.6 is 0 Å². The zero-order valence-corrected chi connectivity index (χ0v) is 19.4. The van der Waals surface area contributed by atoms with E-state index in [9.17, 15) is 14.4 Å². The lowest BCUT2D eigenvalue weighted by Gasteiger charge is -2.27. The third kappa shape index (κ3) is 3.96. The van der Waals surface area contributed by atoms with E-state index < -0.39 is 46.8 Å². The molecule has 0 spiro atoms. The van der Waals surface area contributed by atoms with E-state index >= 15 is 8.78 Å². The summed E-state index contributed by atoms with van der Waals surface area (Å²) in [5.41, 5.74) is 3.76. The van der Waals surface area contributed by atoms with Gasteiger partial charge in [0.15, 0.2) is 12.4 Å². The molecule has 1 aliphatic carbocycles. The Kier molecular flexibility index (Phi) is 6.00. The minimum atomic E-state index is -1.06. The third-order valence-corrected chi connectivity index (χ3v) is 7.13. The van der Waals surface area contributed by atoms with Crippen molar-refractivity contribution in [2.75, 3.05) is 44.4 Å². The van der Waals surface area contributed by atoms with Gasteiger partial charge in [0.25, 0.3) is 0 Å². The molecule has 35 heavy (non-hydrogen) atoms. The van der Waals surface area contributed by atoms with E-state index in [1.54, 1.807) is 11.8 Å². The zero-order chi connectivity index (χ0) is 24.9. The maximum absolute atomic E-state index is 16.0. The maximum Gasteiger partial charge on any atom is 0.344 e. The van der Waals surface area contributed by atoms with Crippen molar-refractivity contribution in [2.24, 2.45) is 11.7 Å². The second kappa shape index (κ2) is 8.87. The molecule has 0 bridgehead atoms. The number of hydrogen-bond donors (Lipinski definition) is 1. The van der Waals surface area contributed by atoms with Crippen LogP contribution in [0, 0.1) is 17.6 Å². The fourth-order valence-corrected chi connectivity index (χ4v) is 5.24. The number of halogens is 2. The first-order valence-electron chi connectivity index (χ1n) is 11.8. The number of esters is 2. The molecule has 2 atom stereocenters. The largest absolute Gasteiger partial charge is 0.463 e. The quantitative estimate of drug-likeness (QED) is 0.585. The highest BCUT2D eigenvalue weighted by Gasteiger charge is 2.51. The molecule has 2 N–H and O–H groups in total. The molecule has 1 aromatic carbocycles. The van der Waals surface area contributed by atoms with Gasteiger partial charge in [-0.3, -0.25) is 4.79 Å². The Balaban J connectivity index is 1.56. The van der Waals surface area contributed by atoms with Gasteiger partial charge in [0.2, 0.25) is 5.43 Å².